The number of carbonyl (C=O) groups is 1. The third kappa shape index (κ3) is 4.84. The third-order valence-electron chi connectivity index (χ3n) is 5.05. The Balaban J connectivity index is 1.96. The summed E-state index contributed by atoms with van der Waals surface area (Å²) in [4.78, 5) is 21.5. The molecule has 0 fully saturated rings. The normalized spacial score (nSPS) is 11.0. The van der Waals surface area contributed by atoms with Gasteiger partial charge in [-0.05, 0) is 49.9 Å². The number of hydrogen-bond acceptors (Lipinski definition) is 6. The molecular formula is C22H26ClN5O2. The Bertz CT molecular complexity index is 1010. The number of benzene rings is 1. The zero-order valence-electron chi connectivity index (χ0n) is 17.8. The van der Waals surface area contributed by atoms with Crippen molar-refractivity contribution in [2.24, 2.45) is 0 Å². The average Bonchev–Trinajstić information content (AvgIpc) is 3.15. The van der Waals surface area contributed by atoms with Gasteiger partial charge < -0.3 is 4.74 Å². The van der Waals surface area contributed by atoms with Gasteiger partial charge in [0, 0.05) is 22.8 Å². The highest BCUT2D eigenvalue weighted by Gasteiger charge is 2.23. The maximum Gasteiger partial charge on any atom is 0.360 e. The molecule has 0 saturated heterocycles. The Hall–Kier alpha value is -2.80. The monoisotopic (exact) mass is 427 g/mol. The zero-order chi connectivity index (χ0) is 21.7. The fraction of sp³-hybridized carbons (Fsp3) is 0.409. The summed E-state index contributed by atoms with van der Waals surface area (Å²) in [5.41, 5.74) is 4.82. The number of nitrogens with zero attached hydrogens (tertiary/aromatic N) is 5. The molecular weight excluding hydrogens is 402 g/mol. The first kappa shape index (κ1) is 21.9. The largest absolute Gasteiger partial charge is 0.464 e. The molecule has 2 aromatic heterocycles. The lowest BCUT2D eigenvalue weighted by atomic mass is 10.0. The highest BCUT2D eigenvalue weighted by atomic mass is 35.5. The fourth-order valence-electron chi connectivity index (χ4n) is 3.36. The van der Waals surface area contributed by atoms with Gasteiger partial charge in [0.15, 0.2) is 5.69 Å². The van der Waals surface area contributed by atoms with Crippen LogP contribution in [0.25, 0.3) is 5.95 Å². The molecule has 0 aliphatic carbocycles. The molecule has 0 bridgehead atoms. The summed E-state index contributed by atoms with van der Waals surface area (Å²) >= 11 is 5.99. The first-order chi connectivity index (χ1) is 14.4. The van der Waals surface area contributed by atoms with E-state index >= 15 is 0 Å². The van der Waals surface area contributed by atoms with E-state index < -0.39 is 5.97 Å². The van der Waals surface area contributed by atoms with Crippen molar-refractivity contribution in [2.45, 2.75) is 52.9 Å². The Morgan fingerprint density at radius 3 is 2.37 bits per heavy atom. The summed E-state index contributed by atoms with van der Waals surface area (Å²) in [7, 11) is 1.34. The van der Waals surface area contributed by atoms with E-state index in [1.165, 1.54) is 7.11 Å². The van der Waals surface area contributed by atoms with Crippen LogP contribution in [0.4, 0.5) is 0 Å². The number of unbranched alkanes of at least 4 members (excludes halogenated alkanes) is 2. The van der Waals surface area contributed by atoms with Gasteiger partial charge in [-0.3, -0.25) is 0 Å². The summed E-state index contributed by atoms with van der Waals surface area (Å²) < 4.78 is 6.43. The Kier molecular flexibility index (Phi) is 7.15. The van der Waals surface area contributed by atoms with Gasteiger partial charge in [0.05, 0.1) is 12.8 Å². The molecule has 158 valence electrons. The van der Waals surface area contributed by atoms with Crippen molar-refractivity contribution in [3.05, 3.63) is 63.2 Å². The van der Waals surface area contributed by atoms with Crippen molar-refractivity contribution in [3.8, 4) is 5.95 Å². The SMILES string of the molecule is CCCCCc1c(C(=O)OC)nnn1-c1nc(C)c(Cc2ccc(Cl)cc2)c(C)n1. The minimum Gasteiger partial charge on any atom is -0.464 e. The van der Waals surface area contributed by atoms with E-state index in [2.05, 4.69) is 27.2 Å². The van der Waals surface area contributed by atoms with Crippen LogP contribution in [0.5, 0.6) is 0 Å². The molecule has 2 heterocycles. The van der Waals surface area contributed by atoms with Gasteiger partial charge in [0.25, 0.3) is 5.95 Å². The molecule has 0 spiro atoms. The highest BCUT2D eigenvalue weighted by molar-refractivity contribution is 6.30. The maximum atomic E-state index is 12.1. The van der Waals surface area contributed by atoms with Gasteiger partial charge in [-0.25, -0.2) is 14.8 Å². The van der Waals surface area contributed by atoms with Gasteiger partial charge in [-0.15, -0.1) is 5.10 Å². The van der Waals surface area contributed by atoms with Crippen molar-refractivity contribution in [3.63, 3.8) is 0 Å². The highest BCUT2D eigenvalue weighted by Crippen LogP contribution is 2.20. The molecule has 8 heteroatoms. The van der Waals surface area contributed by atoms with Crippen LogP contribution < -0.4 is 0 Å². The second-order valence-corrected chi connectivity index (χ2v) is 7.66. The van der Waals surface area contributed by atoms with Crippen LogP contribution in [-0.2, 0) is 17.6 Å². The number of methoxy groups -OCH3 is 1. The van der Waals surface area contributed by atoms with Crippen LogP contribution in [-0.4, -0.2) is 38.0 Å². The lowest BCUT2D eigenvalue weighted by Crippen LogP contribution is -2.13. The van der Waals surface area contributed by atoms with E-state index in [0.717, 1.165) is 41.8 Å². The number of carbonyl (C=O) groups excluding carboxylic acids is 1. The molecule has 0 radical (unpaired) electrons. The van der Waals surface area contributed by atoms with Crippen molar-refractivity contribution in [1.82, 2.24) is 25.0 Å². The van der Waals surface area contributed by atoms with Gasteiger partial charge >= 0.3 is 5.97 Å². The summed E-state index contributed by atoms with van der Waals surface area (Å²) in [6, 6.07) is 7.76. The Morgan fingerprint density at radius 2 is 1.77 bits per heavy atom. The second-order valence-electron chi connectivity index (χ2n) is 7.22. The van der Waals surface area contributed by atoms with Crippen LogP contribution in [0, 0.1) is 13.8 Å². The smallest absolute Gasteiger partial charge is 0.360 e. The predicted molar refractivity (Wildman–Crippen MR) is 115 cm³/mol. The minimum atomic E-state index is -0.499. The minimum absolute atomic E-state index is 0.220. The predicted octanol–water partition coefficient (Wildman–Crippen LogP) is 4.44. The Morgan fingerprint density at radius 1 is 1.10 bits per heavy atom. The molecule has 0 unspecified atom stereocenters. The lowest BCUT2D eigenvalue weighted by molar-refractivity contribution is 0.0592. The quantitative estimate of drug-likeness (QED) is 0.390. The molecule has 0 N–H and O–H groups in total. The molecule has 3 rings (SSSR count). The lowest BCUT2D eigenvalue weighted by Gasteiger charge is -2.12. The summed E-state index contributed by atoms with van der Waals surface area (Å²) in [5, 5.41) is 8.92. The van der Waals surface area contributed by atoms with E-state index in [0.29, 0.717) is 29.5 Å². The number of esters is 1. The molecule has 0 saturated carbocycles. The standard InChI is InChI=1S/C22H26ClN5O2/c1-5-6-7-8-19-20(21(29)30-4)26-27-28(19)22-24-14(2)18(15(3)25-22)13-16-9-11-17(23)12-10-16/h9-12H,5-8,13H2,1-4H3. The number of aromatic nitrogens is 5. The van der Waals surface area contributed by atoms with Crippen molar-refractivity contribution in [2.75, 3.05) is 7.11 Å². The van der Waals surface area contributed by atoms with Crippen LogP contribution in [0.15, 0.2) is 24.3 Å². The molecule has 7 nitrogen and oxygen atoms in total. The van der Waals surface area contributed by atoms with Gasteiger partial charge in [-0.1, -0.05) is 48.7 Å². The first-order valence-corrected chi connectivity index (χ1v) is 10.4. The Labute approximate surface area is 181 Å². The maximum absolute atomic E-state index is 12.1. The van der Waals surface area contributed by atoms with Gasteiger partial charge in [0.1, 0.15) is 0 Å². The topological polar surface area (TPSA) is 82.8 Å². The molecule has 0 amide bonds. The first-order valence-electron chi connectivity index (χ1n) is 10.1. The third-order valence-corrected chi connectivity index (χ3v) is 5.30. The molecule has 30 heavy (non-hydrogen) atoms. The molecule has 0 aliphatic rings. The molecule has 0 aliphatic heterocycles. The molecule has 3 aromatic rings. The van der Waals surface area contributed by atoms with E-state index in [1.807, 2.05) is 38.1 Å². The number of aryl methyl sites for hydroxylation is 2. The second kappa shape index (κ2) is 9.80. The zero-order valence-corrected chi connectivity index (χ0v) is 18.5. The van der Waals surface area contributed by atoms with Crippen LogP contribution >= 0.6 is 11.6 Å². The summed E-state index contributed by atoms with van der Waals surface area (Å²) in [5.74, 6) is -0.0837. The van der Waals surface area contributed by atoms with Gasteiger partial charge in [-0.2, -0.15) is 4.68 Å². The summed E-state index contributed by atoms with van der Waals surface area (Å²) in [6.45, 7) is 6.04. The molecule has 0 atom stereocenters. The van der Waals surface area contributed by atoms with Crippen LogP contribution in [0.3, 0.4) is 0 Å². The number of ether oxygens (including phenoxy) is 1. The van der Waals surface area contributed by atoms with E-state index in [4.69, 9.17) is 16.3 Å². The van der Waals surface area contributed by atoms with E-state index in [-0.39, 0.29) is 5.69 Å². The number of hydrogen-bond donors (Lipinski definition) is 0. The number of halogens is 1. The average molecular weight is 428 g/mol. The van der Waals surface area contributed by atoms with E-state index in [1.54, 1.807) is 4.68 Å². The summed E-state index contributed by atoms with van der Waals surface area (Å²) in [6.07, 6.45) is 4.40. The van der Waals surface area contributed by atoms with Gasteiger partial charge in [0.2, 0.25) is 0 Å². The van der Waals surface area contributed by atoms with Crippen molar-refractivity contribution < 1.29 is 9.53 Å². The number of rotatable bonds is 8. The molecule has 1 aromatic carbocycles. The van der Waals surface area contributed by atoms with Crippen molar-refractivity contribution >= 4 is 17.6 Å². The van der Waals surface area contributed by atoms with Crippen LogP contribution in [0.1, 0.15) is 64.9 Å². The fourth-order valence-corrected chi connectivity index (χ4v) is 3.49. The van der Waals surface area contributed by atoms with Crippen molar-refractivity contribution in [1.29, 1.82) is 0 Å². The van der Waals surface area contributed by atoms with Crippen LogP contribution in [0.2, 0.25) is 5.02 Å². The van der Waals surface area contributed by atoms with E-state index in [9.17, 15) is 4.79 Å².